The first-order chi connectivity index (χ1) is 10.6. The summed E-state index contributed by atoms with van der Waals surface area (Å²) in [6.45, 7) is 6.05. The van der Waals surface area contributed by atoms with Gasteiger partial charge in [0.1, 0.15) is 0 Å². The summed E-state index contributed by atoms with van der Waals surface area (Å²) in [6.07, 6.45) is 1.29. The van der Waals surface area contributed by atoms with Crippen LogP contribution < -0.4 is 11.1 Å². The Kier molecular flexibility index (Phi) is 8.42. The Bertz CT molecular complexity index is 542. The van der Waals surface area contributed by atoms with Crippen LogP contribution in [-0.4, -0.2) is 24.4 Å². The van der Waals surface area contributed by atoms with Crippen LogP contribution in [0.1, 0.15) is 6.92 Å². The molecule has 0 amide bonds. The third kappa shape index (κ3) is 7.47. The van der Waals surface area contributed by atoms with Gasteiger partial charge in [-0.25, -0.2) is 0 Å². The van der Waals surface area contributed by atoms with Gasteiger partial charge in [-0.2, -0.15) is 0 Å². The van der Waals surface area contributed by atoms with Crippen molar-refractivity contribution in [2.75, 3.05) is 24.3 Å². The van der Waals surface area contributed by atoms with Gasteiger partial charge in [0.25, 0.3) is 0 Å². The first-order valence-corrected chi connectivity index (χ1v) is 7.16. The van der Waals surface area contributed by atoms with Crippen LogP contribution in [0.25, 0.3) is 0 Å². The number of ether oxygens (including phenoxy) is 1. The van der Waals surface area contributed by atoms with Crippen molar-refractivity contribution in [3.05, 3.63) is 67.3 Å². The van der Waals surface area contributed by atoms with Crippen LogP contribution in [0, 0.1) is 0 Å². The zero-order valence-corrected chi connectivity index (χ0v) is 12.9. The predicted octanol–water partition coefficient (Wildman–Crippen LogP) is 3.58. The number of aliphatic hydroxyl groups is 1. The molecule has 0 aliphatic carbocycles. The minimum Gasteiger partial charge on any atom is -0.397 e. The molecular formula is C18H24N2O2. The predicted molar refractivity (Wildman–Crippen MR) is 93.3 cm³/mol. The molecule has 4 heteroatoms. The van der Waals surface area contributed by atoms with Gasteiger partial charge in [-0.3, -0.25) is 0 Å². The second kappa shape index (κ2) is 10.4. The van der Waals surface area contributed by atoms with E-state index in [2.05, 4.69) is 11.9 Å². The molecule has 1 atom stereocenters. The summed E-state index contributed by atoms with van der Waals surface area (Å²) in [5, 5.41) is 11.9. The summed E-state index contributed by atoms with van der Waals surface area (Å²) >= 11 is 0. The molecule has 0 heterocycles. The molecule has 0 saturated carbocycles. The maximum atomic E-state index is 8.62. The van der Waals surface area contributed by atoms with Crippen molar-refractivity contribution in [2.45, 2.75) is 13.0 Å². The first kappa shape index (κ1) is 17.8. The lowest BCUT2D eigenvalue weighted by molar-refractivity contribution is 0.0599. The monoisotopic (exact) mass is 300 g/mol. The summed E-state index contributed by atoms with van der Waals surface area (Å²) in [5.74, 6) is 0. The van der Waals surface area contributed by atoms with E-state index in [1.165, 1.54) is 0 Å². The third-order valence-corrected chi connectivity index (χ3v) is 2.61. The van der Waals surface area contributed by atoms with Crippen LogP contribution in [0.3, 0.4) is 0 Å². The molecule has 0 radical (unpaired) electrons. The van der Waals surface area contributed by atoms with E-state index in [0.717, 1.165) is 17.1 Å². The molecule has 0 aliphatic rings. The molecule has 0 aliphatic heterocycles. The van der Waals surface area contributed by atoms with Gasteiger partial charge in [-0.15, -0.1) is 6.58 Å². The fourth-order valence-electron chi connectivity index (χ4n) is 1.61. The highest BCUT2D eigenvalue weighted by atomic mass is 16.5. The molecule has 0 aromatic heterocycles. The largest absolute Gasteiger partial charge is 0.397 e. The van der Waals surface area contributed by atoms with Crippen molar-refractivity contribution < 1.29 is 9.84 Å². The molecule has 0 fully saturated rings. The number of anilines is 3. The Balaban J connectivity index is 0.000000261. The average Bonchev–Trinajstić information content (AvgIpc) is 2.51. The Labute approximate surface area is 132 Å². The number of rotatable bonds is 6. The fraction of sp³-hybridized carbons (Fsp3) is 0.222. The second-order valence-corrected chi connectivity index (χ2v) is 4.75. The molecule has 118 valence electrons. The van der Waals surface area contributed by atoms with Gasteiger partial charge in [0.15, 0.2) is 0 Å². The van der Waals surface area contributed by atoms with Gasteiger partial charge >= 0.3 is 0 Å². The Morgan fingerprint density at radius 3 is 2.41 bits per heavy atom. The van der Waals surface area contributed by atoms with E-state index in [9.17, 15) is 0 Å². The van der Waals surface area contributed by atoms with E-state index in [0.29, 0.717) is 13.2 Å². The maximum Gasteiger partial charge on any atom is 0.0745 e. The summed E-state index contributed by atoms with van der Waals surface area (Å²) in [7, 11) is 0. The summed E-state index contributed by atoms with van der Waals surface area (Å²) in [6, 6.07) is 17.7. The van der Waals surface area contributed by atoms with Crippen LogP contribution in [0.5, 0.6) is 0 Å². The van der Waals surface area contributed by atoms with Crippen LogP contribution in [0.4, 0.5) is 17.1 Å². The lowest BCUT2D eigenvalue weighted by Crippen LogP contribution is -2.09. The molecule has 0 saturated heterocycles. The molecule has 4 N–H and O–H groups in total. The van der Waals surface area contributed by atoms with Crippen LogP contribution >= 0.6 is 0 Å². The fourth-order valence-corrected chi connectivity index (χ4v) is 1.61. The molecule has 2 aromatic carbocycles. The molecule has 2 rings (SSSR count). The zero-order chi connectivity index (χ0) is 16.2. The Hall–Kier alpha value is -2.30. The van der Waals surface area contributed by atoms with Gasteiger partial charge in [-0.05, 0) is 31.2 Å². The minimum atomic E-state index is -0.366. The van der Waals surface area contributed by atoms with Crippen molar-refractivity contribution in [3.8, 4) is 0 Å². The van der Waals surface area contributed by atoms with E-state index in [1.807, 2.05) is 54.6 Å². The van der Waals surface area contributed by atoms with Gasteiger partial charge in [0, 0.05) is 5.69 Å². The van der Waals surface area contributed by atoms with Crippen molar-refractivity contribution in [1.29, 1.82) is 0 Å². The Morgan fingerprint density at radius 2 is 1.82 bits per heavy atom. The van der Waals surface area contributed by atoms with E-state index in [-0.39, 0.29) is 6.10 Å². The highest BCUT2D eigenvalue weighted by molar-refractivity contribution is 5.72. The molecule has 22 heavy (non-hydrogen) atoms. The lowest BCUT2D eigenvalue weighted by Gasteiger charge is -2.08. The van der Waals surface area contributed by atoms with Crippen LogP contribution in [0.2, 0.25) is 0 Å². The van der Waals surface area contributed by atoms with Gasteiger partial charge in [0.2, 0.25) is 0 Å². The summed E-state index contributed by atoms with van der Waals surface area (Å²) < 4.78 is 4.88. The number of para-hydroxylation sites is 3. The van der Waals surface area contributed by atoms with E-state index in [4.69, 9.17) is 15.6 Å². The number of hydrogen-bond acceptors (Lipinski definition) is 4. The number of nitrogens with one attached hydrogen (secondary N) is 1. The Morgan fingerprint density at radius 1 is 1.18 bits per heavy atom. The molecule has 0 bridgehead atoms. The summed E-state index contributed by atoms with van der Waals surface area (Å²) in [4.78, 5) is 0. The third-order valence-electron chi connectivity index (χ3n) is 2.61. The first-order valence-electron chi connectivity index (χ1n) is 7.16. The number of hydrogen-bond donors (Lipinski definition) is 3. The number of aliphatic hydroxyl groups excluding tert-OH is 1. The number of nitrogens with two attached hydrogens (primary N) is 1. The van der Waals surface area contributed by atoms with E-state index >= 15 is 0 Å². The highest BCUT2D eigenvalue weighted by Gasteiger charge is 1.96. The smallest absolute Gasteiger partial charge is 0.0745 e. The van der Waals surface area contributed by atoms with Crippen LogP contribution in [-0.2, 0) is 4.74 Å². The molecule has 0 spiro atoms. The zero-order valence-electron chi connectivity index (χ0n) is 12.9. The van der Waals surface area contributed by atoms with Gasteiger partial charge in [-0.1, -0.05) is 36.4 Å². The molecule has 1 unspecified atom stereocenters. The topological polar surface area (TPSA) is 67.5 Å². The minimum absolute atomic E-state index is 0.366. The van der Waals surface area contributed by atoms with Crippen molar-refractivity contribution in [3.63, 3.8) is 0 Å². The normalized spacial score (nSPS) is 11.0. The van der Waals surface area contributed by atoms with Crippen molar-refractivity contribution in [2.24, 2.45) is 0 Å². The summed E-state index contributed by atoms with van der Waals surface area (Å²) in [5.41, 5.74) is 8.56. The molecule has 2 aromatic rings. The van der Waals surface area contributed by atoms with E-state index < -0.39 is 0 Å². The second-order valence-electron chi connectivity index (χ2n) is 4.75. The molecule has 4 nitrogen and oxygen atoms in total. The average molecular weight is 300 g/mol. The number of benzene rings is 2. The number of nitrogen functional groups attached to an aromatic ring is 1. The van der Waals surface area contributed by atoms with Crippen molar-refractivity contribution >= 4 is 17.1 Å². The van der Waals surface area contributed by atoms with Gasteiger partial charge < -0.3 is 20.9 Å². The van der Waals surface area contributed by atoms with E-state index in [1.54, 1.807) is 13.0 Å². The van der Waals surface area contributed by atoms with Gasteiger partial charge in [0.05, 0.1) is 30.7 Å². The maximum absolute atomic E-state index is 8.62. The molecular weight excluding hydrogens is 276 g/mol. The quantitative estimate of drug-likeness (QED) is 0.433. The highest BCUT2D eigenvalue weighted by Crippen LogP contribution is 2.21. The SMILES string of the molecule is C=CCOCC(C)O.Nc1ccccc1Nc1ccccc1. The van der Waals surface area contributed by atoms with Crippen LogP contribution in [0.15, 0.2) is 67.3 Å². The standard InChI is InChI=1S/C12H12N2.C6H12O2/c13-11-8-4-5-9-12(11)14-10-6-2-1-3-7-10;1-3-4-8-5-6(2)7/h1-9,14H,13H2;3,6-7H,1,4-5H2,2H3. The van der Waals surface area contributed by atoms with Crippen molar-refractivity contribution in [1.82, 2.24) is 0 Å². The lowest BCUT2D eigenvalue weighted by atomic mass is 10.2.